The van der Waals surface area contributed by atoms with Crippen LogP contribution in [0.3, 0.4) is 0 Å². The summed E-state index contributed by atoms with van der Waals surface area (Å²) in [6.45, 7) is 2.28. The molecule has 0 radical (unpaired) electrons. The van der Waals surface area contributed by atoms with Crippen LogP contribution in [0, 0.1) is 0 Å². The molecule has 5 nitrogen and oxygen atoms in total. The number of nitrogens with one attached hydrogen (secondary N) is 2. The second-order valence-electron chi connectivity index (χ2n) is 5.97. The molecule has 0 heterocycles. The van der Waals surface area contributed by atoms with E-state index >= 15 is 0 Å². The summed E-state index contributed by atoms with van der Waals surface area (Å²) in [5, 5.41) is 5.66. The minimum atomic E-state index is -0.314. The smallest absolute Gasteiger partial charge is 0.255 e. The van der Waals surface area contributed by atoms with Crippen molar-refractivity contribution in [2.75, 3.05) is 13.2 Å². The predicted molar refractivity (Wildman–Crippen MR) is 95.6 cm³/mol. The Hall–Kier alpha value is -2.82. The van der Waals surface area contributed by atoms with Crippen molar-refractivity contribution in [2.24, 2.45) is 0 Å². The first kappa shape index (κ1) is 17.0. The summed E-state index contributed by atoms with van der Waals surface area (Å²) in [7, 11) is 0. The van der Waals surface area contributed by atoms with Crippen molar-refractivity contribution in [2.45, 2.75) is 25.8 Å². The zero-order valence-corrected chi connectivity index (χ0v) is 14.2. The van der Waals surface area contributed by atoms with Crippen LogP contribution >= 0.6 is 0 Å². The normalized spacial score (nSPS) is 15.3. The van der Waals surface area contributed by atoms with Crippen LogP contribution in [0.2, 0.25) is 0 Å². The van der Waals surface area contributed by atoms with Gasteiger partial charge in [-0.3, -0.25) is 9.59 Å². The average molecular weight is 338 g/mol. The maximum atomic E-state index is 12.3. The van der Waals surface area contributed by atoms with Crippen molar-refractivity contribution in [3.8, 4) is 5.75 Å². The molecular weight excluding hydrogens is 316 g/mol. The van der Waals surface area contributed by atoms with E-state index in [-0.39, 0.29) is 24.4 Å². The predicted octanol–water partition coefficient (Wildman–Crippen LogP) is 2.62. The number of aryl methyl sites for hydroxylation is 1. The molecule has 0 aromatic heterocycles. The van der Waals surface area contributed by atoms with Crippen LogP contribution in [0.15, 0.2) is 48.5 Å². The fraction of sp³-hybridized carbons (Fsp3) is 0.300. The molecule has 0 bridgehead atoms. The number of hydrogen-bond donors (Lipinski definition) is 2. The largest absolute Gasteiger partial charge is 0.493 e. The van der Waals surface area contributed by atoms with Gasteiger partial charge in [0.1, 0.15) is 5.75 Å². The van der Waals surface area contributed by atoms with Crippen molar-refractivity contribution in [3.63, 3.8) is 0 Å². The molecule has 1 atom stereocenters. The quantitative estimate of drug-likeness (QED) is 0.851. The molecule has 25 heavy (non-hydrogen) atoms. The first-order valence-corrected chi connectivity index (χ1v) is 8.56. The summed E-state index contributed by atoms with van der Waals surface area (Å²) >= 11 is 0. The number of carbonyl (C=O) groups excluding carboxylic acids is 2. The number of ether oxygens (including phenoxy) is 1. The van der Waals surface area contributed by atoms with Crippen LogP contribution in [0.25, 0.3) is 0 Å². The second kappa shape index (κ2) is 7.83. The Morgan fingerprint density at radius 2 is 1.88 bits per heavy atom. The van der Waals surface area contributed by atoms with Gasteiger partial charge in [-0.05, 0) is 43.0 Å². The fourth-order valence-electron chi connectivity index (χ4n) is 3.14. The second-order valence-corrected chi connectivity index (χ2v) is 5.97. The summed E-state index contributed by atoms with van der Waals surface area (Å²) < 4.78 is 5.45. The Bertz CT molecular complexity index is 773. The Labute approximate surface area is 147 Å². The maximum absolute atomic E-state index is 12.3. The van der Waals surface area contributed by atoms with E-state index in [1.807, 2.05) is 31.2 Å². The standard InChI is InChI=1S/C20H22N2O3/c1-2-25-18-10-6-5-9-16(18)20(24)21-13-19(23)22-17-12-11-14-7-3-4-8-15(14)17/h3-10,17H,2,11-13H2,1H3,(H,21,24)(H,22,23). The Morgan fingerprint density at radius 3 is 2.72 bits per heavy atom. The van der Waals surface area contributed by atoms with Gasteiger partial charge in [0.15, 0.2) is 0 Å². The lowest BCUT2D eigenvalue weighted by Crippen LogP contribution is -2.38. The third-order valence-electron chi connectivity index (χ3n) is 4.31. The minimum absolute atomic E-state index is 0.0244. The summed E-state index contributed by atoms with van der Waals surface area (Å²) in [5.74, 6) is 0.0163. The number of hydrogen-bond acceptors (Lipinski definition) is 3. The van der Waals surface area contributed by atoms with Crippen molar-refractivity contribution in [1.29, 1.82) is 0 Å². The highest BCUT2D eigenvalue weighted by atomic mass is 16.5. The van der Waals surface area contributed by atoms with Crippen molar-refractivity contribution >= 4 is 11.8 Å². The van der Waals surface area contributed by atoms with Gasteiger partial charge in [-0.1, -0.05) is 36.4 Å². The highest BCUT2D eigenvalue weighted by Gasteiger charge is 2.23. The summed E-state index contributed by atoms with van der Waals surface area (Å²) in [5.41, 5.74) is 2.88. The van der Waals surface area contributed by atoms with Gasteiger partial charge in [0.2, 0.25) is 5.91 Å². The van der Waals surface area contributed by atoms with Crippen LogP contribution < -0.4 is 15.4 Å². The van der Waals surface area contributed by atoms with Crippen LogP contribution in [-0.2, 0) is 11.2 Å². The molecule has 1 unspecified atom stereocenters. The molecule has 0 fully saturated rings. The number of para-hydroxylation sites is 1. The van der Waals surface area contributed by atoms with E-state index in [4.69, 9.17) is 4.74 Å². The van der Waals surface area contributed by atoms with E-state index < -0.39 is 0 Å². The number of carbonyl (C=O) groups is 2. The molecule has 2 aromatic carbocycles. The van der Waals surface area contributed by atoms with Gasteiger partial charge in [-0.2, -0.15) is 0 Å². The highest BCUT2D eigenvalue weighted by Crippen LogP contribution is 2.30. The summed E-state index contributed by atoms with van der Waals surface area (Å²) in [4.78, 5) is 24.5. The number of fused-ring (bicyclic) bond motifs is 1. The maximum Gasteiger partial charge on any atom is 0.255 e. The van der Waals surface area contributed by atoms with E-state index in [1.165, 1.54) is 11.1 Å². The van der Waals surface area contributed by atoms with Gasteiger partial charge < -0.3 is 15.4 Å². The molecule has 2 amide bonds. The molecule has 130 valence electrons. The SMILES string of the molecule is CCOc1ccccc1C(=O)NCC(=O)NC1CCc2ccccc21. The minimum Gasteiger partial charge on any atom is -0.493 e. The number of rotatable bonds is 6. The molecule has 0 spiro atoms. The first-order chi connectivity index (χ1) is 12.2. The Balaban J connectivity index is 1.55. The number of benzene rings is 2. The summed E-state index contributed by atoms with van der Waals surface area (Å²) in [6, 6.07) is 15.2. The third-order valence-corrected chi connectivity index (χ3v) is 4.31. The zero-order chi connectivity index (χ0) is 17.6. The fourth-order valence-corrected chi connectivity index (χ4v) is 3.14. The van der Waals surface area contributed by atoms with Gasteiger partial charge in [-0.15, -0.1) is 0 Å². The van der Waals surface area contributed by atoms with Crippen LogP contribution in [0.5, 0.6) is 5.75 Å². The monoisotopic (exact) mass is 338 g/mol. The molecule has 2 aromatic rings. The molecule has 1 aliphatic carbocycles. The molecule has 0 saturated heterocycles. The molecular formula is C20H22N2O3. The molecule has 1 aliphatic rings. The average Bonchev–Trinajstić information content (AvgIpc) is 3.03. The van der Waals surface area contributed by atoms with Crippen LogP contribution in [-0.4, -0.2) is 25.0 Å². The van der Waals surface area contributed by atoms with E-state index in [0.29, 0.717) is 17.9 Å². The summed E-state index contributed by atoms with van der Waals surface area (Å²) in [6.07, 6.45) is 1.86. The number of amides is 2. The van der Waals surface area contributed by atoms with Gasteiger partial charge in [0, 0.05) is 0 Å². The van der Waals surface area contributed by atoms with E-state index in [0.717, 1.165) is 12.8 Å². The third kappa shape index (κ3) is 3.99. The Kier molecular flexibility index (Phi) is 5.33. The molecule has 0 saturated carbocycles. The van der Waals surface area contributed by atoms with Gasteiger partial charge in [0.25, 0.3) is 5.91 Å². The molecule has 0 aliphatic heterocycles. The van der Waals surface area contributed by atoms with Crippen LogP contribution in [0.4, 0.5) is 0 Å². The molecule has 3 rings (SSSR count). The van der Waals surface area contributed by atoms with Crippen molar-refractivity contribution in [1.82, 2.24) is 10.6 Å². The Morgan fingerprint density at radius 1 is 1.12 bits per heavy atom. The lowest BCUT2D eigenvalue weighted by Gasteiger charge is -2.15. The van der Waals surface area contributed by atoms with E-state index in [9.17, 15) is 9.59 Å². The van der Waals surface area contributed by atoms with Gasteiger partial charge >= 0.3 is 0 Å². The van der Waals surface area contributed by atoms with E-state index in [1.54, 1.807) is 18.2 Å². The molecule has 2 N–H and O–H groups in total. The van der Waals surface area contributed by atoms with Gasteiger partial charge in [-0.25, -0.2) is 0 Å². The van der Waals surface area contributed by atoms with E-state index in [2.05, 4.69) is 16.7 Å². The van der Waals surface area contributed by atoms with Crippen molar-refractivity contribution < 1.29 is 14.3 Å². The molecule has 5 heteroatoms. The highest BCUT2D eigenvalue weighted by molar-refractivity contribution is 5.98. The van der Waals surface area contributed by atoms with Gasteiger partial charge in [0.05, 0.1) is 24.8 Å². The topological polar surface area (TPSA) is 67.4 Å². The lowest BCUT2D eigenvalue weighted by atomic mass is 10.1. The first-order valence-electron chi connectivity index (χ1n) is 8.56. The van der Waals surface area contributed by atoms with Crippen molar-refractivity contribution in [3.05, 3.63) is 65.2 Å². The van der Waals surface area contributed by atoms with Crippen LogP contribution in [0.1, 0.15) is 40.9 Å². The zero-order valence-electron chi connectivity index (χ0n) is 14.2. The lowest BCUT2D eigenvalue weighted by molar-refractivity contribution is -0.120.